The highest BCUT2D eigenvalue weighted by Crippen LogP contribution is 2.25. The van der Waals surface area contributed by atoms with Crippen LogP contribution in [0.5, 0.6) is 0 Å². The molecule has 0 saturated heterocycles. The second-order valence-electron chi connectivity index (χ2n) is 4.53. The van der Waals surface area contributed by atoms with E-state index in [-0.39, 0.29) is 4.90 Å². The van der Waals surface area contributed by atoms with E-state index >= 15 is 0 Å². The minimum absolute atomic E-state index is 0.118. The first-order valence-corrected chi connectivity index (χ1v) is 8.85. The third kappa shape index (κ3) is 5.93. The number of hydrogen-bond acceptors (Lipinski definition) is 3. The number of sulfonamides is 1. The molecular weight excluding hydrogens is 328 g/mol. The first kappa shape index (κ1) is 16.5. The van der Waals surface area contributed by atoms with Gasteiger partial charge in [-0.2, -0.15) is 0 Å². The Labute approximate surface area is 124 Å². The van der Waals surface area contributed by atoms with Gasteiger partial charge in [0, 0.05) is 16.7 Å². The Morgan fingerprint density at radius 2 is 1.89 bits per heavy atom. The van der Waals surface area contributed by atoms with E-state index in [0.29, 0.717) is 4.47 Å². The van der Waals surface area contributed by atoms with Crippen LogP contribution in [0.1, 0.15) is 39.0 Å². The summed E-state index contributed by atoms with van der Waals surface area (Å²) >= 11 is 3.35. The smallest absolute Gasteiger partial charge is 0.238 e. The molecule has 0 unspecified atom stereocenters. The van der Waals surface area contributed by atoms with Gasteiger partial charge in [0.2, 0.25) is 10.0 Å². The number of nitrogens with one attached hydrogen (secondary N) is 1. The van der Waals surface area contributed by atoms with Gasteiger partial charge in [0.25, 0.3) is 0 Å². The number of nitrogens with two attached hydrogens (primary N) is 1. The summed E-state index contributed by atoms with van der Waals surface area (Å²) in [6, 6.07) is 4.77. The average molecular weight is 349 g/mol. The standard InChI is InChI=1S/C13H21BrN2O2S/c1-2-3-4-5-6-9-16-13-8-7-11(10-12(13)14)19(15,17)18/h7-8,10,16H,2-6,9H2,1H3,(H2,15,17,18). The zero-order chi connectivity index (χ0) is 14.3. The van der Waals surface area contributed by atoms with Crippen LogP contribution >= 0.6 is 15.9 Å². The molecule has 19 heavy (non-hydrogen) atoms. The molecule has 0 fully saturated rings. The van der Waals surface area contributed by atoms with Crippen molar-refractivity contribution in [1.29, 1.82) is 0 Å². The topological polar surface area (TPSA) is 72.2 Å². The first-order valence-electron chi connectivity index (χ1n) is 6.51. The fourth-order valence-electron chi connectivity index (χ4n) is 1.77. The maximum absolute atomic E-state index is 11.2. The lowest BCUT2D eigenvalue weighted by Gasteiger charge is -2.09. The number of halogens is 1. The molecular formula is C13H21BrN2O2S. The van der Waals surface area contributed by atoms with Crippen LogP contribution in [-0.2, 0) is 10.0 Å². The van der Waals surface area contributed by atoms with Crippen molar-refractivity contribution < 1.29 is 8.42 Å². The number of hydrogen-bond donors (Lipinski definition) is 2. The van der Waals surface area contributed by atoms with Gasteiger partial charge in [-0.05, 0) is 40.5 Å². The van der Waals surface area contributed by atoms with Gasteiger partial charge in [-0.1, -0.05) is 32.6 Å². The van der Waals surface area contributed by atoms with Crippen molar-refractivity contribution in [2.45, 2.75) is 43.9 Å². The molecule has 0 heterocycles. The van der Waals surface area contributed by atoms with Crippen LogP contribution < -0.4 is 10.5 Å². The van der Waals surface area contributed by atoms with Crippen LogP contribution in [0.3, 0.4) is 0 Å². The fraction of sp³-hybridized carbons (Fsp3) is 0.538. The van der Waals surface area contributed by atoms with Crippen LogP contribution in [0.15, 0.2) is 27.6 Å². The molecule has 0 amide bonds. The molecule has 4 nitrogen and oxygen atoms in total. The normalized spacial score (nSPS) is 11.5. The van der Waals surface area contributed by atoms with Crippen LogP contribution in [0.2, 0.25) is 0 Å². The summed E-state index contributed by atoms with van der Waals surface area (Å²) in [5.74, 6) is 0. The SMILES string of the molecule is CCCCCCCNc1ccc(S(N)(=O)=O)cc1Br. The molecule has 0 aliphatic heterocycles. The highest BCUT2D eigenvalue weighted by Gasteiger charge is 2.09. The Balaban J connectivity index is 2.47. The second kappa shape index (κ2) is 7.87. The zero-order valence-electron chi connectivity index (χ0n) is 11.2. The van der Waals surface area contributed by atoms with Gasteiger partial charge >= 0.3 is 0 Å². The predicted molar refractivity (Wildman–Crippen MR) is 82.8 cm³/mol. The maximum atomic E-state index is 11.2. The van der Waals surface area contributed by atoms with Crippen molar-refractivity contribution >= 4 is 31.6 Å². The maximum Gasteiger partial charge on any atom is 0.238 e. The summed E-state index contributed by atoms with van der Waals surface area (Å²) in [5, 5.41) is 8.36. The number of unbranched alkanes of at least 4 members (excludes halogenated alkanes) is 4. The summed E-state index contributed by atoms with van der Waals surface area (Å²) in [4.78, 5) is 0.118. The van der Waals surface area contributed by atoms with Gasteiger partial charge in [-0.3, -0.25) is 0 Å². The van der Waals surface area contributed by atoms with E-state index < -0.39 is 10.0 Å². The largest absolute Gasteiger partial charge is 0.384 e. The fourth-order valence-corrected chi connectivity index (χ4v) is 2.98. The van der Waals surface area contributed by atoms with Crippen LogP contribution in [-0.4, -0.2) is 15.0 Å². The second-order valence-corrected chi connectivity index (χ2v) is 6.94. The Hall–Kier alpha value is -0.590. The molecule has 0 bridgehead atoms. The number of primary sulfonamides is 1. The molecule has 0 radical (unpaired) electrons. The van der Waals surface area contributed by atoms with Crippen molar-refractivity contribution in [3.8, 4) is 0 Å². The van der Waals surface area contributed by atoms with Crippen molar-refractivity contribution in [2.75, 3.05) is 11.9 Å². The molecule has 0 spiro atoms. The third-order valence-corrected chi connectivity index (χ3v) is 4.43. The van der Waals surface area contributed by atoms with Gasteiger partial charge < -0.3 is 5.32 Å². The van der Waals surface area contributed by atoms with Crippen LogP contribution in [0, 0.1) is 0 Å². The van der Waals surface area contributed by atoms with E-state index in [9.17, 15) is 8.42 Å². The van der Waals surface area contributed by atoms with Gasteiger partial charge in [-0.15, -0.1) is 0 Å². The predicted octanol–water partition coefficient (Wildman–Crippen LogP) is 3.48. The minimum Gasteiger partial charge on any atom is -0.384 e. The highest BCUT2D eigenvalue weighted by atomic mass is 79.9. The van der Waals surface area contributed by atoms with Gasteiger partial charge in [0.05, 0.1) is 4.90 Å². The lowest BCUT2D eigenvalue weighted by atomic mass is 10.1. The molecule has 1 rings (SSSR count). The Morgan fingerprint density at radius 1 is 1.21 bits per heavy atom. The lowest BCUT2D eigenvalue weighted by Crippen LogP contribution is -2.12. The molecule has 0 atom stereocenters. The number of benzene rings is 1. The van der Waals surface area contributed by atoms with Gasteiger partial charge in [0.1, 0.15) is 0 Å². The van der Waals surface area contributed by atoms with Crippen molar-refractivity contribution in [3.63, 3.8) is 0 Å². The van der Waals surface area contributed by atoms with Crippen molar-refractivity contribution in [3.05, 3.63) is 22.7 Å². The highest BCUT2D eigenvalue weighted by molar-refractivity contribution is 9.10. The number of rotatable bonds is 8. The molecule has 6 heteroatoms. The van der Waals surface area contributed by atoms with E-state index in [4.69, 9.17) is 5.14 Å². The van der Waals surface area contributed by atoms with Crippen LogP contribution in [0.25, 0.3) is 0 Å². The minimum atomic E-state index is -3.64. The Bertz CT molecular complexity index is 503. The Kier molecular flexibility index (Phi) is 6.82. The lowest BCUT2D eigenvalue weighted by molar-refractivity contribution is 0.598. The van der Waals surface area contributed by atoms with E-state index in [1.54, 1.807) is 6.07 Å². The molecule has 108 valence electrons. The molecule has 1 aromatic rings. The molecule has 3 N–H and O–H groups in total. The molecule has 0 aliphatic rings. The summed E-state index contributed by atoms with van der Waals surface area (Å²) in [6.07, 6.45) is 6.13. The summed E-state index contributed by atoms with van der Waals surface area (Å²) in [6.45, 7) is 3.08. The van der Waals surface area contributed by atoms with Crippen molar-refractivity contribution in [1.82, 2.24) is 0 Å². The quantitative estimate of drug-likeness (QED) is 0.706. The molecule has 0 aromatic heterocycles. The van der Waals surface area contributed by atoms with E-state index in [1.165, 1.54) is 37.8 Å². The summed E-state index contributed by atoms with van der Waals surface area (Å²) in [5.41, 5.74) is 0.892. The Morgan fingerprint density at radius 3 is 2.47 bits per heavy atom. The summed E-state index contributed by atoms with van der Waals surface area (Å²) in [7, 11) is -3.64. The van der Waals surface area contributed by atoms with E-state index in [2.05, 4.69) is 28.2 Å². The molecule has 0 saturated carbocycles. The van der Waals surface area contributed by atoms with Gasteiger partial charge in [-0.25, -0.2) is 13.6 Å². The van der Waals surface area contributed by atoms with Gasteiger partial charge in [0.15, 0.2) is 0 Å². The zero-order valence-corrected chi connectivity index (χ0v) is 13.6. The average Bonchev–Trinajstić information content (AvgIpc) is 2.34. The van der Waals surface area contributed by atoms with Crippen LogP contribution in [0.4, 0.5) is 5.69 Å². The van der Waals surface area contributed by atoms with Crippen molar-refractivity contribution in [2.24, 2.45) is 5.14 Å². The van der Waals surface area contributed by atoms with E-state index in [0.717, 1.165) is 18.7 Å². The number of anilines is 1. The third-order valence-electron chi connectivity index (χ3n) is 2.86. The summed E-state index contributed by atoms with van der Waals surface area (Å²) < 4.78 is 23.1. The first-order chi connectivity index (χ1) is 8.95. The van der Waals surface area contributed by atoms with E-state index in [1.807, 2.05) is 0 Å². The molecule has 1 aromatic carbocycles. The molecule has 0 aliphatic carbocycles. The monoisotopic (exact) mass is 348 g/mol.